The molecule has 0 bridgehead atoms. The van der Waals surface area contributed by atoms with E-state index in [1.165, 1.54) is 17.0 Å². The van der Waals surface area contributed by atoms with Crippen LogP contribution in [0.4, 0.5) is 14.9 Å². The number of aromatic nitrogens is 1. The molecule has 0 spiro atoms. The molecule has 0 radical (unpaired) electrons. The van der Waals surface area contributed by atoms with Crippen LogP contribution >= 0.6 is 15.9 Å². The van der Waals surface area contributed by atoms with Crippen LogP contribution in [0.25, 0.3) is 0 Å². The average Bonchev–Trinajstić information content (AvgIpc) is 2.92. The lowest BCUT2D eigenvalue weighted by molar-refractivity contribution is -0.122. The number of benzene rings is 1. The molecular formula is C30H39BrFN5O5. The van der Waals surface area contributed by atoms with Crippen molar-refractivity contribution in [2.45, 2.75) is 57.8 Å². The molecule has 1 aromatic carbocycles. The second-order valence-corrected chi connectivity index (χ2v) is 12.9. The zero-order valence-electron chi connectivity index (χ0n) is 24.6. The van der Waals surface area contributed by atoms with Crippen molar-refractivity contribution < 1.29 is 28.6 Å². The molecule has 2 amide bonds. The first-order valence-electron chi connectivity index (χ1n) is 14.4. The molecule has 0 saturated carbocycles. The van der Waals surface area contributed by atoms with Crippen LogP contribution in [0.2, 0.25) is 0 Å². The first-order chi connectivity index (χ1) is 19.9. The van der Waals surface area contributed by atoms with Crippen LogP contribution in [0.15, 0.2) is 34.9 Å². The third kappa shape index (κ3) is 6.88. The number of rotatable bonds is 6. The lowest BCUT2D eigenvalue weighted by atomic mass is 10.0. The van der Waals surface area contributed by atoms with Gasteiger partial charge in [-0.2, -0.15) is 0 Å². The number of hydrogen-bond donors (Lipinski definition) is 1. The fraction of sp³-hybridized carbons (Fsp3) is 0.567. The van der Waals surface area contributed by atoms with E-state index in [2.05, 4.69) is 37.6 Å². The molecule has 42 heavy (non-hydrogen) atoms. The lowest BCUT2D eigenvalue weighted by Crippen LogP contribution is -2.64. The Morgan fingerprint density at radius 1 is 1.14 bits per heavy atom. The van der Waals surface area contributed by atoms with Gasteiger partial charge in [0.15, 0.2) is 0 Å². The highest BCUT2D eigenvalue weighted by atomic mass is 79.9. The predicted octanol–water partition coefficient (Wildman–Crippen LogP) is 3.85. The Morgan fingerprint density at radius 3 is 2.57 bits per heavy atom. The average molecular weight is 649 g/mol. The number of fused-ring (bicyclic) bond motifs is 1. The van der Waals surface area contributed by atoms with Crippen molar-refractivity contribution in [3.8, 4) is 5.88 Å². The summed E-state index contributed by atoms with van der Waals surface area (Å²) >= 11 is 3.56. The smallest absolute Gasteiger partial charge is 0.407 e. The number of nitrogens with zero attached hydrogens (tertiary/aromatic N) is 5. The van der Waals surface area contributed by atoms with Crippen LogP contribution in [0, 0.1) is 5.82 Å². The number of anilines is 1. The Balaban J connectivity index is 1.40. The number of piperazine rings is 1. The van der Waals surface area contributed by atoms with Crippen LogP contribution < -0.4 is 9.64 Å². The molecule has 2 fully saturated rings. The van der Waals surface area contributed by atoms with Crippen molar-refractivity contribution in [2.75, 3.05) is 57.4 Å². The van der Waals surface area contributed by atoms with Crippen LogP contribution in [0.1, 0.15) is 38.8 Å². The molecule has 0 aliphatic carbocycles. The first-order valence-corrected chi connectivity index (χ1v) is 15.2. The number of ether oxygens (including phenoxy) is 2. The molecule has 3 aliphatic heterocycles. The fourth-order valence-corrected chi connectivity index (χ4v) is 6.42. The molecule has 5 rings (SSSR count). The molecule has 1 unspecified atom stereocenters. The summed E-state index contributed by atoms with van der Waals surface area (Å²) in [5.41, 5.74) is 1.70. The van der Waals surface area contributed by atoms with Crippen molar-refractivity contribution in [2.24, 2.45) is 0 Å². The summed E-state index contributed by atoms with van der Waals surface area (Å²) in [7, 11) is 0. The van der Waals surface area contributed by atoms with Gasteiger partial charge in [-0.15, -0.1) is 0 Å². The van der Waals surface area contributed by atoms with Crippen molar-refractivity contribution in [3.05, 3.63) is 51.9 Å². The van der Waals surface area contributed by atoms with Crippen molar-refractivity contribution in [3.63, 3.8) is 0 Å². The first kappa shape index (κ1) is 30.7. The van der Waals surface area contributed by atoms with Crippen LogP contribution in [-0.4, -0.2) is 113 Å². The van der Waals surface area contributed by atoms with E-state index in [4.69, 9.17) is 9.47 Å². The number of pyridine rings is 1. The van der Waals surface area contributed by atoms with Crippen molar-refractivity contribution in [1.29, 1.82) is 0 Å². The highest BCUT2D eigenvalue weighted by molar-refractivity contribution is 9.10. The molecule has 12 heteroatoms. The molecular weight excluding hydrogens is 609 g/mol. The number of halogens is 2. The van der Waals surface area contributed by atoms with E-state index < -0.39 is 11.7 Å². The van der Waals surface area contributed by atoms with Crippen LogP contribution in [-0.2, 0) is 16.0 Å². The molecule has 1 aromatic heterocycles. The zero-order valence-corrected chi connectivity index (χ0v) is 26.1. The SMILES string of the molecule is CC1COCCN1C[C@H]1CN(C(=O)O)[C@H](C)CN1CC(=O)N1CC(C)(C)Oc2nc(Br)c(Cc3ccc(F)cc3)cc21. The Bertz CT molecular complexity index is 1310. The van der Waals surface area contributed by atoms with E-state index in [-0.39, 0.29) is 36.4 Å². The second kappa shape index (κ2) is 12.4. The van der Waals surface area contributed by atoms with Gasteiger partial charge in [0.25, 0.3) is 0 Å². The van der Waals surface area contributed by atoms with Crippen LogP contribution in [0.5, 0.6) is 5.88 Å². The molecule has 2 aromatic rings. The summed E-state index contributed by atoms with van der Waals surface area (Å²) in [4.78, 5) is 38.5. The summed E-state index contributed by atoms with van der Waals surface area (Å²) in [6.45, 7) is 11.8. The van der Waals surface area contributed by atoms with Gasteiger partial charge in [-0.25, -0.2) is 14.2 Å². The maximum absolute atomic E-state index is 14.1. The number of carbonyl (C=O) groups excluding carboxylic acids is 1. The Labute approximate surface area is 254 Å². The number of carboxylic acid groups (broad SMARTS) is 1. The Kier molecular flexibility index (Phi) is 9.08. The minimum absolute atomic E-state index is 0.0968. The molecule has 3 aliphatic rings. The third-order valence-electron chi connectivity index (χ3n) is 8.30. The molecule has 10 nitrogen and oxygen atoms in total. The minimum Gasteiger partial charge on any atom is -0.468 e. The van der Waals surface area contributed by atoms with E-state index in [1.54, 1.807) is 17.0 Å². The van der Waals surface area contributed by atoms with E-state index in [9.17, 15) is 19.1 Å². The predicted molar refractivity (Wildman–Crippen MR) is 160 cm³/mol. The molecule has 1 N–H and O–H groups in total. The van der Waals surface area contributed by atoms with Gasteiger partial charge in [-0.3, -0.25) is 14.6 Å². The third-order valence-corrected chi connectivity index (χ3v) is 8.98. The highest BCUT2D eigenvalue weighted by Gasteiger charge is 2.40. The summed E-state index contributed by atoms with van der Waals surface area (Å²) in [5, 5.41) is 9.85. The maximum atomic E-state index is 14.1. The second-order valence-electron chi connectivity index (χ2n) is 12.2. The summed E-state index contributed by atoms with van der Waals surface area (Å²) in [5.74, 6) is -0.0220. The number of hydrogen-bond acceptors (Lipinski definition) is 7. The van der Waals surface area contributed by atoms with Gasteiger partial charge in [-0.05, 0) is 73.0 Å². The molecule has 228 valence electrons. The lowest BCUT2D eigenvalue weighted by Gasteiger charge is -2.47. The number of morpholine rings is 1. The molecule has 3 atom stereocenters. The topological polar surface area (TPSA) is 98.7 Å². The Hall–Kier alpha value is -2.80. The Morgan fingerprint density at radius 2 is 1.88 bits per heavy atom. The van der Waals surface area contributed by atoms with E-state index in [0.717, 1.165) is 17.7 Å². The number of amides is 2. The summed E-state index contributed by atoms with van der Waals surface area (Å²) in [6, 6.07) is 8.06. The molecule has 4 heterocycles. The van der Waals surface area contributed by atoms with E-state index >= 15 is 0 Å². The van der Waals surface area contributed by atoms with Gasteiger partial charge in [-0.1, -0.05) is 12.1 Å². The maximum Gasteiger partial charge on any atom is 0.407 e. The summed E-state index contributed by atoms with van der Waals surface area (Å²) in [6.07, 6.45) is -0.441. The van der Waals surface area contributed by atoms with Gasteiger partial charge >= 0.3 is 6.09 Å². The van der Waals surface area contributed by atoms with Crippen molar-refractivity contribution in [1.82, 2.24) is 19.7 Å². The zero-order chi connectivity index (χ0) is 30.2. The van der Waals surface area contributed by atoms with Gasteiger partial charge < -0.3 is 24.4 Å². The fourth-order valence-electron chi connectivity index (χ4n) is 6.01. The van der Waals surface area contributed by atoms with Gasteiger partial charge in [0.05, 0.1) is 26.3 Å². The van der Waals surface area contributed by atoms with Gasteiger partial charge in [0, 0.05) is 50.7 Å². The standard InChI is InChI=1S/C30H39BrFN5O5/c1-19-13-35(24(15-36(19)29(39)40)14-34-9-10-41-17-20(34)2)16-26(38)37-18-30(3,4)42-28-25(37)12-22(27(31)33-28)11-21-5-7-23(32)8-6-21/h5-8,12,19-20,24H,9-11,13-18H2,1-4H3,(H,39,40)/t19-,20?,24+/m1/s1. The van der Waals surface area contributed by atoms with Gasteiger partial charge in [0.2, 0.25) is 11.8 Å². The van der Waals surface area contributed by atoms with E-state index in [1.807, 2.05) is 26.8 Å². The minimum atomic E-state index is -0.942. The number of carbonyl (C=O) groups is 2. The molecule has 2 saturated heterocycles. The normalized spacial score (nSPS) is 24.7. The highest BCUT2D eigenvalue weighted by Crippen LogP contribution is 2.39. The van der Waals surface area contributed by atoms with Gasteiger partial charge in [0.1, 0.15) is 21.7 Å². The monoisotopic (exact) mass is 647 g/mol. The van der Waals surface area contributed by atoms with Crippen molar-refractivity contribution >= 4 is 33.6 Å². The largest absolute Gasteiger partial charge is 0.468 e. The quantitative estimate of drug-likeness (QED) is 0.472. The van der Waals surface area contributed by atoms with E-state index in [0.29, 0.717) is 62.0 Å². The summed E-state index contributed by atoms with van der Waals surface area (Å²) < 4.78 is 25.9. The van der Waals surface area contributed by atoms with Crippen LogP contribution in [0.3, 0.4) is 0 Å².